The van der Waals surface area contributed by atoms with Crippen LogP contribution in [0.2, 0.25) is 16.6 Å². The van der Waals surface area contributed by atoms with Crippen LogP contribution in [0, 0.1) is 0 Å². The fourth-order valence-corrected chi connectivity index (χ4v) is 14.2. The van der Waals surface area contributed by atoms with Gasteiger partial charge in [0, 0.05) is 0 Å². The first kappa shape index (κ1) is 9.01. The van der Waals surface area contributed by atoms with Crippen LogP contribution in [0.3, 0.4) is 0 Å². The molecule has 0 saturated heterocycles. The number of rotatable bonds is 1. The molecular formula is C6H16SiTe. The molecule has 50 valence electrons. The molecule has 0 aliphatic rings. The van der Waals surface area contributed by atoms with Gasteiger partial charge in [-0.05, 0) is 0 Å². The van der Waals surface area contributed by atoms with E-state index in [0.717, 1.165) is 0 Å². The molecule has 0 N–H and O–H groups in total. The Morgan fingerprint density at radius 2 is 1.50 bits per heavy atom. The molecule has 0 aromatic carbocycles. The Kier molecular flexibility index (Phi) is 3.65. The minimum absolute atomic E-state index is 0.166. The van der Waals surface area contributed by atoms with Gasteiger partial charge in [-0.3, -0.25) is 0 Å². The molecule has 2 heteroatoms. The second kappa shape index (κ2) is 3.24. The summed E-state index contributed by atoms with van der Waals surface area (Å²) in [6.07, 6.45) is -0.166. The summed E-state index contributed by atoms with van der Waals surface area (Å²) >= 11 is 0.396. The molecule has 0 aromatic rings. The van der Waals surface area contributed by atoms with Gasteiger partial charge in [0.05, 0.1) is 0 Å². The molecule has 0 aliphatic heterocycles. The van der Waals surface area contributed by atoms with Crippen molar-refractivity contribution in [3.05, 3.63) is 0 Å². The molecule has 0 unspecified atom stereocenters. The topological polar surface area (TPSA) is 0 Å². The minimum atomic E-state index is -0.166. The molecule has 0 heterocycles. The molecule has 8 heavy (non-hydrogen) atoms. The van der Waals surface area contributed by atoms with Crippen LogP contribution >= 0.6 is 0 Å². The van der Waals surface area contributed by atoms with Crippen LogP contribution in [-0.2, 0) is 0 Å². The zero-order chi connectivity index (χ0) is 6.78. The van der Waals surface area contributed by atoms with Gasteiger partial charge in [-0.2, -0.15) is 0 Å². The predicted octanol–water partition coefficient (Wildman–Crippen LogP) is 1.89. The van der Waals surface area contributed by atoms with E-state index in [-0.39, 0.29) is 6.34 Å². The third-order valence-corrected chi connectivity index (χ3v) is 11.9. The third-order valence-electron chi connectivity index (χ3n) is 0.589. The van der Waals surface area contributed by atoms with E-state index in [0.29, 0.717) is 23.6 Å². The van der Waals surface area contributed by atoms with E-state index in [2.05, 4.69) is 33.9 Å². The Bertz CT molecular complexity index is 63.4. The molecule has 0 saturated carbocycles. The summed E-state index contributed by atoms with van der Waals surface area (Å²) in [5.74, 6) is 0. The van der Waals surface area contributed by atoms with Crippen LogP contribution in [0.1, 0.15) is 20.8 Å². The van der Waals surface area contributed by atoms with E-state index in [9.17, 15) is 0 Å². The molecule has 0 radical (unpaired) electrons. The Balaban J connectivity index is 3.39. The zero-order valence-electron chi connectivity index (χ0n) is 6.49. The Labute approximate surface area is 63.8 Å². The zero-order valence-corrected chi connectivity index (χ0v) is 9.97. The molecule has 0 aromatic heterocycles. The van der Waals surface area contributed by atoms with E-state index in [1.54, 1.807) is 0 Å². The van der Waals surface area contributed by atoms with E-state index >= 15 is 0 Å². The molecular weight excluding hydrogens is 228 g/mol. The molecule has 0 aliphatic carbocycles. The number of hydrogen-bond donors (Lipinski definition) is 0. The van der Waals surface area contributed by atoms with Crippen molar-refractivity contribution in [2.75, 3.05) is 0 Å². The van der Waals surface area contributed by atoms with Crippen molar-refractivity contribution in [2.24, 2.45) is 0 Å². The SMILES string of the molecule is C[SiH](C)[Te]C(C)(C)C. The van der Waals surface area contributed by atoms with Crippen molar-refractivity contribution in [3.63, 3.8) is 0 Å². The van der Waals surface area contributed by atoms with Gasteiger partial charge in [-0.25, -0.2) is 0 Å². The van der Waals surface area contributed by atoms with Crippen molar-refractivity contribution in [3.8, 4) is 0 Å². The van der Waals surface area contributed by atoms with Crippen molar-refractivity contribution < 1.29 is 0 Å². The van der Waals surface area contributed by atoms with Gasteiger partial charge in [0.15, 0.2) is 0 Å². The fraction of sp³-hybridized carbons (Fsp3) is 1.00. The first-order valence-electron chi connectivity index (χ1n) is 3.09. The first-order chi connectivity index (χ1) is 3.42. The van der Waals surface area contributed by atoms with Gasteiger partial charge >= 0.3 is 63.8 Å². The van der Waals surface area contributed by atoms with Gasteiger partial charge in [0.25, 0.3) is 0 Å². The molecule has 0 amide bonds. The average molecular weight is 244 g/mol. The van der Waals surface area contributed by atoms with Crippen LogP contribution in [0.15, 0.2) is 0 Å². The molecule has 0 spiro atoms. The standard InChI is InChI=1S/C6H16SiTe/c1-6(2,3)8-7(4)5/h7H,1-5H3. The summed E-state index contributed by atoms with van der Waals surface area (Å²) in [5, 5.41) is 0. The molecule has 0 fully saturated rings. The maximum atomic E-state index is 2.47. The van der Waals surface area contributed by atoms with Gasteiger partial charge in [-0.1, -0.05) is 0 Å². The van der Waals surface area contributed by atoms with Crippen molar-refractivity contribution in [2.45, 2.75) is 37.3 Å². The average Bonchev–Trinajstić information content (AvgIpc) is 1.21. The van der Waals surface area contributed by atoms with Gasteiger partial charge < -0.3 is 0 Å². The summed E-state index contributed by atoms with van der Waals surface area (Å²) < 4.78 is 0.714. The molecule has 0 nitrogen and oxygen atoms in total. The van der Waals surface area contributed by atoms with Crippen molar-refractivity contribution in [1.29, 1.82) is 0 Å². The van der Waals surface area contributed by atoms with E-state index < -0.39 is 0 Å². The monoisotopic (exact) mass is 246 g/mol. The van der Waals surface area contributed by atoms with E-state index in [1.807, 2.05) is 0 Å². The van der Waals surface area contributed by atoms with Crippen LogP contribution < -0.4 is 0 Å². The number of hydrogen-bond acceptors (Lipinski definition) is 0. The quantitative estimate of drug-likeness (QED) is 0.618. The van der Waals surface area contributed by atoms with Gasteiger partial charge in [-0.15, -0.1) is 0 Å². The van der Waals surface area contributed by atoms with E-state index in [1.165, 1.54) is 0 Å². The summed E-state index contributed by atoms with van der Waals surface area (Å²) in [5.41, 5.74) is 0. The normalized spacial score (nSPS) is 12.8. The predicted molar refractivity (Wildman–Crippen MR) is 44.3 cm³/mol. The second-order valence-corrected chi connectivity index (χ2v) is 19.2. The fourth-order valence-electron chi connectivity index (χ4n) is 0.707. The van der Waals surface area contributed by atoms with Crippen LogP contribution in [-0.4, -0.2) is 26.5 Å². The second-order valence-electron chi connectivity index (χ2n) is 3.28. The van der Waals surface area contributed by atoms with E-state index in [4.69, 9.17) is 0 Å². The summed E-state index contributed by atoms with van der Waals surface area (Å²) in [6.45, 7) is 12.1. The van der Waals surface area contributed by atoms with Gasteiger partial charge in [0.2, 0.25) is 0 Å². The Morgan fingerprint density at radius 3 is 1.50 bits per heavy atom. The van der Waals surface area contributed by atoms with Crippen molar-refractivity contribution >= 4 is 26.5 Å². The third kappa shape index (κ3) is 7.01. The van der Waals surface area contributed by atoms with Gasteiger partial charge in [0.1, 0.15) is 0 Å². The maximum absolute atomic E-state index is 2.47. The Hall–Kier alpha value is 1.01. The molecule has 0 atom stereocenters. The Morgan fingerprint density at radius 1 is 1.12 bits per heavy atom. The summed E-state index contributed by atoms with van der Waals surface area (Å²) in [4.78, 5) is 0. The van der Waals surface area contributed by atoms with Crippen molar-refractivity contribution in [1.82, 2.24) is 0 Å². The summed E-state index contributed by atoms with van der Waals surface area (Å²) in [7, 11) is 0. The van der Waals surface area contributed by atoms with Crippen LogP contribution in [0.25, 0.3) is 0 Å². The molecule has 0 rings (SSSR count). The summed E-state index contributed by atoms with van der Waals surface area (Å²) in [6, 6.07) is 0. The molecule has 0 bridgehead atoms. The van der Waals surface area contributed by atoms with Crippen LogP contribution in [0.5, 0.6) is 0 Å². The first-order valence-corrected chi connectivity index (χ1v) is 11.1. The van der Waals surface area contributed by atoms with Crippen LogP contribution in [0.4, 0.5) is 0 Å².